The third-order valence-corrected chi connectivity index (χ3v) is 4.11. The van der Waals surface area contributed by atoms with Crippen LogP contribution in [-0.4, -0.2) is 20.6 Å². The Labute approximate surface area is 130 Å². The van der Waals surface area contributed by atoms with Crippen LogP contribution in [0.4, 0.5) is 0 Å². The van der Waals surface area contributed by atoms with Gasteiger partial charge in [0.05, 0.1) is 22.3 Å². The zero-order valence-corrected chi connectivity index (χ0v) is 13.2. The zero-order chi connectivity index (χ0) is 15.1. The number of fused-ring (bicyclic) bond motifs is 1. The molecule has 2 aromatic carbocycles. The van der Waals surface area contributed by atoms with E-state index in [9.17, 15) is 9.90 Å². The van der Waals surface area contributed by atoms with Gasteiger partial charge in [-0.2, -0.15) is 0 Å². The van der Waals surface area contributed by atoms with E-state index in [1.807, 2.05) is 30.5 Å². The van der Waals surface area contributed by atoms with Crippen molar-refractivity contribution in [3.8, 4) is 5.69 Å². The summed E-state index contributed by atoms with van der Waals surface area (Å²) in [6, 6.07) is 9.15. The lowest BCUT2D eigenvalue weighted by molar-refractivity contribution is 0.0697. The predicted octanol–water partition coefficient (Wildman–Crippen LogP) is 4.10. The average molecular weight is 345 g/mol. The van der Waals surface area contributed by atoms with Crippen molar-refractivity contribution in [3.63, 3.8) is 0 Å². The first kappa shape index (κ1) is 13.8. The lowest BCUT2D eigenvalue weighted by Crippen LogP contribution is -2.04. The largest absolute Gasteiger partial charge is 0.478 e. The number of hydrogen-bond donors (Lipinski definition) is 1. The average Bonchev–Trinajstić information content (AvgIpc) is 2.81. The van der Waals surface area contributed by atoms with Gasteiger partial charge in [-0.3, -0.25) is 4.57 Å². The van der Waals surface area contributed by atoms with E-state index in [1.165, 1.54) is 5.56 Å². The number of aryl methyl sites for hydroxylation is 2. The van der Waals surface area contributed by atoms with Gasteiger partial charge in [0.15, 0.2) is 0 Å². The van der Waals surface area contributed by atoms with Crippen LogP contribution in [0.3, 0.4) is 0 Å². The van der Waals surface area contributed by atoms with Crippen LogP contribution in [0.25, 0.3) is 16.7 Å². The van der Waals surface area contributed by atoms with Crippen LogP contribution in [0.1, 0.15) is 21.5 Å². The molecular weight excluding hydrogens is 332 g/mol. The molecule has 0 aliphatic rings. The molecule has 0 atom stereocenters. The summed E-state index contributed by atoms with van der Waals surface area (Å²) in [4.78, 5) is 15.8. The lowest BCUT2D eigenvalue weighted by atomic mass is 10.1. The minimum atomic E-state index is -0.955. The number of halogens is 1. The van der Waals surface area contributed by atoms with Crippen molar-refractivity contribution in [2.75, 3.05) is 0 Å². The van der Waals surface area contributed by atoms with Crippen molar-refractivity contribution in [2.24, 2.45) is 0 Å². The second-order valence-electron chi connectivity index (χ2n) is 5.01. The molecule has 4 nitrogen and oxygen atoms in total. The summed E-state index contributed by atoms with van der Waals surface area (Å²) < 4.78 is 2.64. The predicted molar refractivity (Wildman–Crippen MR) is 85.2 cm³/mol. The summed E-state index contributed by atoms with van der Waals surface area (Å²) in [5, 5.41) is 9.38. The van der Waals surface area contributed by atoms with Gasteiger partial charge in [-0.25, -0.2) is 9.78 Å². The van der Waals surface area contributed by atoms with Crippen molar-refractivity contribution in [1.29, 1.82) is 0 Å². The summed E-state index contributed by atoms with van der Waals surface area (Å²) >= 11 is 3.39. The Morgan fingerprint density at radius 2 is 1.90 bits per heavy atom. The molecule has 0 saturated heterocycles. The Bertz CT molecular complexity index is 868. The quantitative estimate of drug-likeness (QED) is 0.761. The minimum absolute atomic E-state index is 0.246. The fourth-order valence-corrected chi connectivity index (χ4v) is 2.69. The van der Waals surface area contributed by atoms with Crippen LogP contribution >= 0.6 is 15.9 Å². The molecule has 0 amide bonds. The highest BCUT2D eigenvalue weighted by molar-refractivity contribution is 9.10. The number of imidazole rings is 1. The second kappa shape index (κ2) is 5.00. The number of carboxylic acids is 1. The molecule has 0 fully saturated rings. The van der Waals surface area contributed by atoms with E-state index >= 15 is 0 Å². The van der Waals surface area contributed by atoms with E-state index in [4.69, 9.17) is 0 Å². The Morgan fingerprint density at radius 1 is 1.19 bits per heavy atom. The first-order valence-electron chi connectivity index (χ1n) is 6.45. The second-order valence-corrected chi connectivity index (χ2v) is 5.92. The van der Waals surface area contributed by atoms with Crippen molar-refractivity contribution in [1.82, 2.24) is 9.55 Å². The molecule has 0 aliphatic carbocycles. The Morgan fingerprint density at radius 3 is 2.62 bits per heavy atom. The molecule has 3 rings (SSSR count). The molecule has 3 aromatic rings. The number of benzene rings is 2. The summed E-state index contributed by atoms with van der Waals surface area (Å²) in [6.45, 7) is 4.07. The standard InChI is InChI=1S/C16H13BrN2O2/c1-9-5-13-15(6-10(9)2)19(8-18-13)14-7-11(17)3-4-12(14)16(20)21/h3-8H,1-2H3,(H,20,21). The van der Waals surface area contributed by atoms with Crippen LogP contribution < -0.4 is 0 Å². The van der Waals surface area contributed by atoms with Gasteiger partial charge in [0.1, 0.15) is 6.33 Å². The van der Waals surface area contributed by atoms with Gasteiger partial charge in [0, 0.05) is 4.47 Å². The maximum Gasteiger partial charge on any atom is 0.337 e. The number of aromatic carboxylic acids is 1. The maximum absolute atomic E-state index is 11.4. The van der Waals surface area contributed by atoms with Gasteiger partial charge in [0.2, 0.25) is 0 Å². The number of hydrogen-bond acceptors (Lipinski definition) is 2. The zero-order valence-electron chi connectivity index (χ0n) is 11.6. The molecule has 1 heterocycles. The fraction of sp³-hybridized carbons (Fsp3) is 0.125. The normalized spacial score (nSPS) is 11.0. The van der Waals surface area contributed by atoms with Crippen LogP contribution in [0.5, 0.6) is 0 Å². The summed E-state index contributed by atoms with van der Waals surface area (Å²) in [5.41, 5.74) is 4.92. The molecule has 1 N–H and O–H groups in total. The smallest absolute Gasteiger partial charge is 0.337 e. The van der Waals surface area contributed by atoms with E-state index in [0.29, 0.717) is 5.69 Å². The SMILES string of the molecule is Cc1cc2ncn(-c3cc(Br)ccc3C(=O)O)c2cc1C. The summed E-state index contributed by atoms with van der Waals surface area (Å²) in [6.07, 6.45) is 1.66. The number of carboxylic acid groups (broad SMARTS) is 1. The molecule has 0 bridgehead atoms. The van der Waals surface area contributed by atoms with Gasteiger partial charge >= 0.3 is 5.97 Å². The molecule has 0 saturated carbocycles. The van der Waals surface area contributed by atoms with Crippen molar-refractivity contribution < 1.29 is 9.90 Å². The number of rotatable bonds is 2. The van der Waals surface area contributed by atoms with Crippen LogP contribution in [0.2, 0.25) is 0 Å². The van der Waals surface area contributed by atoms with Gasteiger partial charge in [-0.15, -0.1) is 0 Å². The van der Waals surface area contributed by atoms with E-state index in [-0.39, 0.29) is 5.56 Å². The van der Waals surface area contributed by atoms with E-state index < -0.39 is 5.97 Å². The fourth-order valence-electron chi connectivity index (χ4n) is 2.34. The first-order valence-corrected chi connectivity index (χ1v) is 7.24. The number of aromatic nitrogens is 2. The topological polar surface area (TPSA) is 55.1 Å². The first-order chi connectivity index (χ1) is 9.97. The van der Waals surface area contributed by atoms with Crippen molar-refractivity contribution >= 4 is 32.9 Å². The van der Waals surface area contributed by atoms with Crippen LogP contribution in [0, 0.1) is 13.8 Å². The molecule has 0 radical (unpaired) electrons. The number of carbonyl (C=O) groups is 1. The molecule has 5 heteroatoms. The van der Waals surface area contributed by atoms with E-state index in [0.717, 1.165) is 21.1 Å². The molecule has 0 aliphatic heterocycles. The third-order valence-electron chi connectivity index (χ3n) is 3.61. The molecule has 21 heavy (non-hydrogen) atoms. The highest BCUT2D eigenvalue weighted by Crippen LogP contribution is 2.26. The van der Waals surface area contributed by atoms with Crippen molar-refractivity contribution in [3.05, 3.63) is 57.8 Å². The Balaban J connectivity index is 2.33. The van der Waals surface area contributed by atoms with Gasteiger partial charge in [-0.05, 0) is 55.3 Å². The van der Waals surface area contributed by atoms with Crippen molar-refractivity contribution in [2.45, 2.75) is 13.8 Å². The third kappa shape index (κ3) is 2.34. The molecule has 0 unspecified atom stereocenters. The van der Waals surface area contributed by atoms with Gasteiger partial charge in [-0.1, -0.05) is 15.9 Å². The monoisotopic (exact) mass is 344 g/mol. The van der Waals surface area contributed by atoms with Gasteiger partial charge < -0.3 is 5.11 Å². The van der Waals surface area contributed by atoms with Gasteiger partial charge in [0.25, 0.3) is 0 Å². The summed E-state index contributed by atoms with van der Waals surface area (Å²) in [5.74, 6) is -0.955. The van der Waals surface area contributed by atoms with Crippen LogP contribution in [-0.2, 0) is 0 Å². The molecular formula is C16H13BrN2O2. The highest BCUT2D eigenvalue weighted by Gasteiger charge is 2.15. The Hall–Kier alpha value is -2.14. The maximum atomic E-state index is 11.4. The number of nitrogens with zero attached hydrogens (tertiary/aromatic N) is 2. The van der Waals surface area contributed by atoms with E-state index in [1.54, 1.807) is 24.5 Å². The van der Waals surface area contributed by atoms with Crippen LogP contribution in [0.15, 0.2) is 41.1 Å². The molecule has 106 valence electrons. The van der Waals surface area contributed by atoms with E-state index in [2.05, 4.69) is 20.9 Å². The highest BCUT2D eigenvalue weighted by atomic mass is 79.9. The molecule has 0 spiro atoms. The summed E-state index contributed by atoms with van der Waals surface area (Å²) in [7, 11) is 0. The molecule has 1 aromatic heterocycles. The minimum Gasteiger partial charge on any atom is -0.478 e. The Kier molecular flexibility index (Phi) is 3.29. The lowest BCUT2D eigenvalue weighted by Gasteiger charge is -2.10.